The quantitative estimate of drug-likeness (QED) is 0.687. The van der Waals surface area contributed by atoms with E-state index in [1.807, 2.05) is 0 Å². The number of aryl methyl sites for hydroxylation is 1. The number of anilines is 3. The lowest BCUT2D eigenvalue weighted by molar-refractivity contribution is 0.102. The molecule has 0 atom stereocenters. The molecule has 0 saturated heterocycles. The molecular formula is C18H15F2N3OS. The molecule has 1 heterocycles. The molecule has 128 valence electrons. The number of aromatic nitrogens is 1. The highest BCUT2D eigenvalue weighted by atomic mass is 32.1. The van der Waals surface area contributed by atoms with Crippen molar-refractivity contribution in [3.05, 3.63) is 70.2 Å². The van der Waals surface area contributed by atoms with Crippen LogP contribution < -0.4 is 10.6 Å². The highest BCUT2D eigenvalue weighted by Gasteiger charge is 2.17. The monoisotopic (exact) mass is 359 g/mol. The Hall–Kier alpha value is -2.80. The molecule has 7 heteroatoms. The predicted octanol–water partition coefficient (Wildman–Crippen LogP) is 5.03. The van der Waals surface area contributed by atoms with E-state index >= 15 is 0 Å². The second kappa shape index (κ2) is 6.98. The van der Waals surface area contributed by atoms with Crippen molar-refractivity contribution in [1.29, 1.82) is 0 Å². The van der Waals surface area contributed by atoms with Crippen LogP contribution in [0.25, 0.3) is 0 Å². The number of rotatable bonds is 4. The molecule has 2 aromatic carbocycles. The smallest absolute Gasteiger partial charge is 0.267 e. The van der Waals surface area contributed by atoms with Gasteiger partial charge in [0.25, 0.3) is 5.91 Å². The lowest BCUT2D eigenvalue weighted by Gasteiger charge is -2.08. The van der Waals surface area contributed by atoms with Gasteiger partial charge in [-0.05, 0) is 44.2 Å². The number of halogens is 2. The third-order valence-electron chi connectivity index (χ3n) is 3.59. The number of benzene rings is 2. The summed E-state index contributed by atoms with van der Waals surface area (Å²) in [7, 11) is 0. The lowest BCUT2D eigenvalue weighted by atomic mass is 10.2. The van der Waals surface area contributed by atoms with Crippen LogP contribution in [0.3, 0.4) is 0 Å². The fourth-order valence-electron chi connectivity index (χ4n) is 2.27. The molecule has 2 N–H and O–H groups in total. The van der Waals surface area contributed by atoms with Crippen LogP contribution in [0, 0.1) is 25.5 Å². The molecule has 0 bridgehead atoms. The highest BCUT2D eigenvalue weighted by Crippen LogP contribution is 2.27. The Kier molecular flexibility index (Phi) is 4.76. The summed E-state index contributed by atoms with van der Waals surface area (Å²) in [4.78, 5) is 17.2. The van der Waals surface area contributed by atoms with Crippen molar-refractivity contribution in [3.8, 4) is 0 Å². The molecule has 0 spiro atoms. The Labute approximate surface area is 147 Å². The van der Waals surface area contributed by atoms with Crippen molar-refractivity contribution >= 4 is 33.8 Å². The van der Waals surface area contributed by atoms with Gasteiger partial charge in [-0.3, -0.25) is 4.79 Å². The summed E-state index contributed by atoms with van der Waals surface area (Å²) < 4.78 is 26.8. The minimum atomic E-state index is -0.382. The lowest BCUT2D eigenvalue weighted by Crippen LogP contribution is -2.12. The Bertz CT molecular complexity index is 940. The van der Waals surface area contributed by atoms with Gasteiger partial charge in [-0.1, -0.05) is 23.5 Å². The van der Waals surface area contributed by atoms with E-state index in [1.54, 1.807) is 32.0 Å². The highest BCUT2D eigenvalue weighted by molar-refractivity contribution is 7.17. The van der Waals surface area contributed by atoms with Gasteiger partial charge in [0.1, 0.15) is 16.5 Å². The zero-order valence-corrected chi connectivity index (χ0v) is 14.4. The van der Waals surface area contributed by atoms with Crippen LogP contribution in [0.15, 0.2) is 42.5 Å². The average Bonchev–Trinajstić information content (AvgIpc) is 2.92. The summed E-state index contributed by atoms with van der Waals surface area (Å²) in [6.45, 7) is 3.31. The van der Waals surface area contributed by atoms with E-state index in [-0.39, 0.29) is 17.5 Å². The maximum atomic E-state index is 13.6. The van der Waals surface area contributed by atoms with Gasteiger partial charge >= 0.3 is 0 Å². The Morgan fingerprint density at radius 2 is 1.88 bits per heavy atom. The Morgan fingerprint density at radius 3 is 2.64 bits per heavy atom. The third kappa shape index (κ3) is 3.83. The van der Waals surface area contributed by atoms with E-state index in [1.165, 1.54) is 24.3 Å². The molecule has 1 amide bonds. The fourth-order valence-corrected chi connectivity index (χ4v) is 3.15. The van der Waals surface area contributed by atoms with Crippen molar-refractivity contribution in [2.45, 2.75) is 13.8 Å². The molecule has 25 heavy (non-hydrogen) atoms. The molecule has 0 saturated carbocycles. The number of carbonyl (C=O) groups is 1. The maximum absolute atomic E-state index is 13.6. The van der Waals surface area contributed by atoms with E-state index in [9.17, 15) is 13.6 Å². The summed E-state index contributed by atoms with van der Waals surface area (Å²) in [6.07, 6.45) is 0. The van der Waals surface area contributed by atoms with Gasteiger partial charge in [-0.15, -0.1) is 0 Å². The Morgan fingerprint density at radius 1 is 1.12 bits per heavy atom. The SMILES string of the molecule is Cc1nc(Nc2cccc(F)c2)sc1C(=O)Nc1cccc(F)c1C. The standard InChI is InChI=1S/C18H15F2N3OS/c1-10-14(20)7-4-8-15(10)23-17(24)16-11(2)21-18(25-16)22-13-6-3-5-12(19)9-13/h3-9H,1-2H3,(H,21,22)(H,23,24). The number of hydrogen-bond donors (Lipinski definition) is 2. The number of carbonyl (C=O) groups excluding carboxylic acids is 1. The van der Waals surface area contributed by atoms with E-state index in [4.69, 9.17) is 0 Å². The van der Waals surface area contributed by atoms with Crippen LogP contribution in [0.4, 0.5) is 25.3 Å². The zero-order valence-electron chi connectivity index (χ0n) is 13.6. The molecule has 0 fully saturated rings. The number of thiazole rings is 1. The number of hydrogen-bond acceptors (Lipinski definition) is 4. The molecule has 0 aliphatic carbocycles. The second-order valence-electron chi connectivity index (χ2n) is 5.44. The topological polar surface area (TPSA) is 54.0 Å². The molecule has 0 aliphatic heterocycles. The second-order valence-corrected chi connectivity index (χ2v) is 6.43. The van der Waals surface area contributed by atoms with Gasteiger partial charge in [0.2, 0.25) is 0 Å². The minimum absolute atomic E-state index is 0.363. The molecule has 1 aromatic heterocycles. The van der Waals surface area contributed by atoms with Gasteiger partial charge in [-0.25, -0.2) is 13.8 Å². The van der Waals surface area contributed by atoms with E-state index in [0.717, 1.165) is 11.3 Å². The summed E-state index contributed by atoms with van der Waals surface area (Å²) in [5.74, 6) is -1.11. The largest absolute Gasteiger partial charge is 0.331 e. The third-order valence-corrected chi connectivity index (χ3v) is 4.67. The molecule has 3 aromatic rings. The molecule has 0 aliphatic rings. The van der Waals surface area contributed by atoms with Gasteiger partial charge < -0.3 is 10.6 Å². The van der Waals surface area contributed by atoms with Crippen LogP contribution in [-0.2, 0) is 0 Å². The van der Waals surface area contributed by atoms with Crippen LogP contribution in [0.2, 0.25) is 0 Å². The maximum Gasteiger partial charge on any atom is 0.267 e. The molecule has 0 radical (unpaired) electrons. The summed E-state index contributed by atoms with van der Waals surface area (Å²) in [6, 6.07) is 10.5. The van der Waals surface area contributed by atoms with E-state index < -0.39 is 0 Å². The summed E-state index contributed by atoms with van der Waals surface area (Å²) in [5.41, 5.74) is 1.87. The minimum Gasteiger partial charge on any atom is -0.331 e. The van der Waals surface area contributed by atoms with Gasteiger partial charge in [0, 0.05) is 16.9 Å². The van der Waals surface area contributed by atoms with Gasteiger partial charge in [0.05, 0.1) is 5.69 Å². The molecule has 0 unspecified atom stereocenters. The van der Waals surface area contributed by atoms with Gasteiger partial charge in [-0.2, -0.15) is 0 Å². The van der Waals surface area contributed by atoms with E-state index in [2.05, 4.69) is 15.6 Å². The molecule has 4 nitrogen and oxygen atoms in total. The van der Waals surface area contributed by atoms with Crippen molar-refractivity contribution < 1.29 is 13.6 Å². The first kappa shape index (κ1) is 17.0. The number of nitrogens with one attached hydrogen (secondary N) is 2. The first-order chi connectivity index (χ1) is 11.9. The first-order valence-corrected chi connectivity index (χ1v) is 8.32. The molecule has 3 rings (SSSR count). The molecular weight excluding hydrogens is 344 g/mol. The van der Waals surface area contributed by atoms with Crippen LogP contribution >= 0.6 is 11.3 Å². The van der Waals surface area contributed by atoms with Crippen molar-refractivity contribution in [3.63, 3.8) is 0 Å². The normalized spacial score (nSPS) is 10.6. The Balaban J connectivity index is 1.80. The summed E-state index contributed by atoms with van der Waals surface area (Å²) in [5, 5.41) is 6.15. The average molecular weight is 359 g/mol. The number of amides is 1. The fraction of sp³-hybridized carbons (Fsp3) is 0.111. The van der Waals surface area contributed by atoms with Crippen LogP contribution in [-0.4, -0.2) is 10.9 Å². The van der Waals surface area contributed by atoms with Crippen LogP contribution in [0.5, 0.6) is 0 Å². The predicted molar refractivity (Wildman–Crippen MR) is 95.6 cm³/mol. The summed E-state index contributed by atoms with van der Waals surface area (Å²) >= 11 is 1.15. The van der Waals surface area contributed by atoms with Crippen molar-refractivity contribution in [1.82, 2.24) is 4.98 Å². The van der Waals surface area contributed by atoms with E-state index in [0.29, 0.717) is 32.6 Å². The van der Waals surface area contributed by atoms with Crippen molar-refractivity contribution in [2.75, 3.05) is 10.6 Å². The number of nitrogens with zero attached hydrogens (tertiary/aromatic N) is 1. The van der Waals surface area contributed by atoms with Crippen LogP contribution in [0.1, 0.15) is 20.9 Å². The zero-order chi connectivity index (χ0) is 18.0. The van der Waals surface area contributed by atoms with Crippen molar-refractivity contribution in [2.24, 2.45) is 0 Å². The first-order valence-electron chi connectivity index (χ1n) is 7.50. The van der Waals surface area contributed by atoms with Gasteiger partial charge in [0.15, 0.2) is 5.13 Å².